The van der Waals surface area contributed by atoms with E-state index in [0.717, 1.165) is 18.6 Å². The summed E-state index contributed by atoms with van der Waals surface area (Å²) in [4.78, 5) is 0. The number of benzene rings is 1. The molecule has 1 rings (SSSR count). The van der Waals surface area contributed by atoms with Gasteiger partial charge in [-0.05, 0) is 44.4 Å². The van der Waals surface area contributed by atoms with Gasteiger partial charge < -0.3 is 15.6 Å². The summed E-state index contributed by atoms with van der Waals surface area (Å²) in [6.07, 6.45) is 1.70. The molecule has 0 saturated carbocycles. The molecule has 3 heteroatoms. The van der Waals surface area contributed by atoms with Crippen molar-refractivity contribution >= 4 is 0 Å². The summed E-state index contributed by atoms with van der Waals surface area (Å²) in [6.45, 7) is 3.49. The van der Waals surface area contributed by atoms with Crippen molar-refractivity contribution in [3.05, 3.63) is 29.8 Å². The second-order valence-electron chi connectivity index (χ2n) is 4.08. The molecule has 0 saturated heterocycles. The van der Waals surface area contributed by atoms with E-state index >= 15 is 0 Å². The van der Waals surface area contributed by atoms with Crippen molar-refractivity contribution in [2.24, 2.45) is 11.7 Å². The monoisotopic (exact) mass is 223 g/mol. The van der Waals surface area contributed by atoms with Gasteiger partial charge >= 0.3 is 0 Å². The maximum absolute atomic E-state index is 9.08. The molecule has 0 aliphatic heterocycles. The second-order valence-corrected chi connectivity index (χ2v) is 4.08. The van der Waals surface area contributed by atoms with E-state index in [-0.39, 0.29) is 12.5 Å². The molecule has 16 heavy (non-hydrogen) atoms. The predicted molar refractivity (Wildman–Crippen MR) is 65.5 cm³/mol. The molecule has 0 spiro atoms. The van der Waals surface area contributed by atoms with E-state index in [1.165, 1.54) is 5.56 Å². The van der Waals surface area contributed by atoms with Crippen molar-refractivity contribution in [2.45, 2.75) is 19.8 Å². The number of hydrogen-bond donors (Lipinski definition) is 2. The molecule has 0 radical (unpaired) electrons. The second kappa shape index (κ2) is 7.25. The standard InChI is InChI=1S/C13H21NO2/c1-11-2-4-13(5-3-11)16-9-7-12(10-15)6-8-14/h2-5,12,15H,6-10,14H2,1H3/t12-/m1/s1. The first kappa shape index (κ1) is 13.0. The van der Waals surface area contributed by atoms with Crippen LogP contribution in [-0.2, 0) is 0 Å². The highest BCUT2D eigenvalue weighted by Crippen LogP contribution is 2.13. The van der Waals surface area contributed by atoms with Crippen LogP contribution in [0.3, 0.4) is 0 Å². The molecule has 0 heterocycles. The molecule has 0 bridgehead atoms. The molecule has 0 aliphatic rings. The first-order valence-corrected chi connectivity index (χ1v) is 5.76. The van der Waals surface area contributed by atoms with E-state index in [1.807, 2.05) is 31.2 Å². The van der Waals surface area contributed by atoms with E-state index in [0.29, 0.717) is 13.2 Å². The summed E-state index contributed by atoms with van der Waals surface area (Å²) in [5, 5.41) is 9.08. The van der Waals surface area contributed by atoms with Crippen molar-refractivity contribution in [3.63, 3.8) is 0 Å². The fourth-order valence-electron chi connectivity index (χ4n) is 1.54. The summed E-state index contributed by atoms with van der Waals surface area (Å²) in [6, 6.07) is 7.98. The van der Waals surface area contributed by atoms with Gasteiger partial charge in [-0.1, -0.05) is 17.7 Å². The average molecular weight is 223 g/mol. The SMILES string of the molecule is Cc1ccc(OCC[C@H](CO)CCN)cc1. The minimum Gasteiger partial charge on any atom is -0.494 e. The van der Waals surface area contributed by atoms with Gasteiger partial charge in [0.1, 0.15) is 5.75 Å². The molecule has 0 fully saturated rings. The third kappa shape index (κ3) is 4.64. The van der Waals surface area contributed by atoms with Gasteiger partial charge in [-0.2, -0.15) is 0 Å². The lowest BCUT2D eigenvalue weighted by Crippen LogP contribution is -2.15. The molecular weight excluding hydrogens is 202 g/mol. The Hall–Kier alpha value is -1.06. The van der Waals surface area contributed by atoms with Gasteiger partial charge in [0.25, 0.3) is 0 Å². The molecule has 0 aliphatic carbocycles. The minimum absolute atomic E-state index is 0.189. The number of aliphatic hydroxyl groups is 1. The first-order valence-electron chi connectivity index (χ1n) is 5.76. The van der Waals surface area contributed by atoms with Gasteiger partial charge in [-0.3, -0.25) is 0 Å². The van der Waals surface area contributed by atoms with Crippen molar-refractivity contribution < 1.29 is 9.84 Å². The minimum atomic E-state index is 0.189. The lowest BCUT2D eigenvalue weighted by Gasteiger charge is -2.13. The van der Waals surface area contributed by atoms with E-state index in [9.17, 15) is 0 Å². The number of rotatable bonds is 7. The van der Waals surface area contributed by atoms with E-state index in [2.05, 4.69) is 0 Å². The molecular formula is C13H21NO2. The molecule has 0 aromatic heterocycles. The fourth-order valence-corrected chi connectivity index (χ4v) is 1.54. The smallest absolute Gasteiger partial charge is 0.119 e. The first-order chi connectivity index (χ1) is 7.76. The number of aryl methyl sites for hydroxylation is 1. The zero-order chi connectivity index (χ0) is 11.8. The van der Waals surface area contributed by atoms with Crippen LogP contribution in [0.5, 0.6) is 5.75 Å². The van der Waals surface area contributed by atoms with Gasteiger partial charge in [0.2, 0.25) is 0 Å². The van der Waals surface area contributed by atoms with Gasteiger partial charge in [0.15, 0.2) is 0 Å². The molecule has 1 aromatic carbocycles. The zero-order valence-electron chi connectivity index (χ0n) is 9.86. The Labute approximate surface area is 97.2 Å². The van der Waals surface area contributed by atoms with Gasteiger partial charge in [-0.15, -0.1) is 0 Å². The molecule has 0 unspecified atom stereocenters. The fraction of sp³-hybridized carbons (Fsp3) is 0.538. The quantitative estimate of drug-likeness (QED) is 0.740. The van der Waals surface area contributed by atoms with E-state index in [1.54, 1.807) is 0 Å². The Morgan fingerprint density at radius 3 is 2.50 bits per heavy atom. The highest BCUT2D eigenvalue weighted by atomic mass is 16.5. The number of ether oxygens (including phenoxy) is 1. The van der Waals surface area contributed by atoms with Crippen molar-refractivity contribution in [1.29, 1.82) is 0 Å². The van der Waals surface area contributed by atoms with Crippen molar-refractivity contribution in [2.75, 3.05) is 19.8 Å². The number of nitrogens with two attached hydrogens (primary N) is 1. The van der Waals surface area contributed by atoms with E-state index < -0.39 is 0 Å². The summed E-state index contributed by atoms with van der Waals surface area (Å²) >= 11 is 0. The van der Waals surface area contributed by atoms with Crippen LogP contribution >= 0.6 is 0 Å². The molecule has 0 amide bonds. The number of aliphatic hydroxyl groups excluding tert-OH is 1. The Morgan fingerprint density at radius 1 is 1.25 bits per heavy atom. The normalized spacial score (nSPS) is 12.4. The summed E-state index contributed by atoms with van der Waals surface area (Å²) < 4.78 is 5.59. The van der Waals surface area contributed by atoms with Gasteiger partial charge in [0, 0.05) is 6.61 Å². The maximum Gasteiger partial charge on any atom is 0.119 e. The lowest BCUT2D eigenvalue weighted by molar-refractivity contribution is 0.186. The Morgan fingerprint density at radius 2 is 1.94 bits per heavy atom. The third-order valence-electron chi connectivity index (χ3n) is 2.65. The third-order valence-corrected chi connectivity index (χ3v) is 2.65. The van der Waals surface area contributed by atoms with Crippen LogP contribution < -0.4 is 10.5 Å². The van der Waals surface area contributed by atoms with Crippen LogP contribution in [0.4, 0.5) is 0 Å². The van der Waals surface area contributed by atoms with Crippen molar-refractivity contribution in [1.82, 2.24) is 0 Å². The van der Waals surface area contributed by atoms with Gasteiger partial charge in [-0.25, -0.2) is 0 Å². The average Bonchev–Trinajstić information content (AvgIpc) is 2.30. The van der Waals surface area contributed by atoms with Gasteiger partial charge in [0.05, 0.1) is 6.61 Å². The lowest BCUT2D eigenvalue weighted by atomic mass is 10.0. The number of hydrogen-bond acceptors (Lipinski definition) is 3. The Balaban J connectivity index is 2.26. The topological polar surface area (TPSA) is 55.5 Å². The van der Waals surface area contributed by atoms with Crippen LogP contribution in [0.15, 0.2) is 24.3 Å². The molecule has 90 valence electrons. The molecule has 1 atom stereocenters. The van der Waals surface area contributed by atoms with Crippen LogP contribution in [0.2, 0.25) is 0 Å². The summed E-state index contributed by atoms with van der Waals surface area (Å²) in [7, 11) is 0. The van der Waals surface area contributed by atoms with Crippen LogP contribution in [0.1, 0.15) is 18.4 Å². The summed E-state index contributed by atoms with van der Waals surface area (Å²) in [5.41, 5.74) is 6.68. The zero-order valence-corrected chi connectivity index (χ0v) is 9.86. The Bertz CT molecular complexity index is 284. The summed E-state index contributed by atoms with van der Waals surface area (Å²) in [5.74, 6) is 1.14. The predicted octanol–water partition coefficient (Wildman–Crippen LogP) is 1.72. The van der Waals surface area contributed by atoms with E-state index in [4.69, 9.17) is 15.6 Å². The molecule has 3 nitrogen and oxygen atoms in total. The maximum atomic E-state index is 9.08. The highest BCUT2D eigenvalue weighted by molar-refractivity contribution is 5.26. The molecule has 1 aromatic rings. The Kier molecular flexibility index (Phi) is 5.90. The largest absolute Gasteiger partial charge is 0.494 e. The molecule has 3 N–H and O–H groups in total. The van der Waals surface area contributed by atoms with Crippen LogP contribution in [-0.4, -0.2) is 24.9 Å². The highest BCUT2D eigenvalue weighted by Gasteiger charge is 2.06. The van der Waals surface area contributed by atoms with Crippen molar-refractivity contribution in [3.8, 4) is 5.75 Å². The van der Waals surface area contributed by atoms with Crippen LogP contribution in [0.25, 0.3) is 0 Å². The van der Waals surface area contributed by atoms with Crippen LogP contribution in [0, 0.1) is 12.8 Å².